The molecule has 0 saturated carbocycles. The van der Waals surface area contributed by atoms with Gasteiger partial charge < -0.3 is 18.9 Å². The number of carbonyl (C=O) groups excluding carboxylic acids is 2. The van der Waals surface area contributed by atoms with Crippen LogP contribution in [0.25, 0.3) is 10.8 Å². The van der Waals surface area contributed by atoms with Crippen LogP contribution in [0.15, 0.2) is 53.4 Å². The predicted molar refractivity (Wildman–Crippen MR) is 125 cm³/mol. The standard InChI is InChI=1S/C25H26O7S/c1-15(2)25(27)32-22-20-18(21(31-16(3)26)23(29-4)24(22)30-5)12-9-13-19(20)33(28)14-17-10-7-6-8-11-17/h6-13,15H,14H2,1-5H3. The van der Waals surface area contributed by atoms with E-state index in [1.54, 1.807) is 32.0 Å². The van der Waals surface area contributed by atoms with Crippen molar-refractivity contribution in [3.8, 4) is 23.0 Å². The van der Waals surface area contributed by atoms with Crippen molar-refractivity contribution in [3.05, 3.63) is 54.1 Å². The molecule has 0 radical (unpaired) electrons. The van der Waals surface area contributed by atoms with E-state index in [1.165, 1.54) is 21.1 Å². The third-order valence-corrected chi connectivity index (χ3v) is 6.26. The highest BCUT2D eigenvalue weighted by atomic mass is 32.2. The molecule has 0 aliphatic rings. The van der Waals surface area contributed by atoms with Crippen LogP contribution in [0.4, 0.5) is 0 Å². The average molecular weight is 471 g/mol. The Bertz CT molecular complexity index is 1200. The van der Waals surface area contributed by atoms with Gasteiger partial charge in [0.1, 0.15) is 0 Å². The van der Waals surface area contributed by atoms with Crippen LogP contribution in [0.3, 0.4) is 0 Å². The molecule has 1 unspecified atom stereocenters. The van der Waals surface area contributed by atoms with E-state index in [0.717, 1.165) is 5.56 Å². The van der Waals surface area contributed by atoms with Gasteiger partial charge in [-0.1, -0.05) is 56.3 Å². The van der Waals surface area contributed by atoms with Crippen molar-refractivity contribution in [3.63, 3.8) is 0 Å². The minimum Gasteiger partial charge on any atom is -0.490 e. The molecular weight excluding hydrogens is 444 g/mol. The van der Waals surface area contributed by atoms with Gasteiger partial charge in [0, 0.05) is 17.7 Å². The Labute approximate surface area is 195 Å². The van der Waals surface area contributed by atoms with E-state index in [0.29, 0.717) is 15.7 Å². The maximum Gasteiger partial charge on any atom is 0.313 e. The van der Waals surface area contributed by atoms with Crippen LogP contribution in [-0.4, -0.2) is 30.4 Å². The molecule has 0 N–H and O–H groups in total. The number of benzene rings is 3. The number of ether oxygens (including phenoxy) is 4. The van der Waals surface area contributed by atoms with E-state index < -0.39 is 28.7 Å². The van der Waals surface area contributed by atoms with Gasteiger partial charge >= 0.3 is 11.9 Å². The Morgan fingerprint density at radius 1 is 0.848 bits per heavy atom. The van der Waals surface area contributed by atoms with Gasteiger partial charge in [-0.15, -0.1) is 0 Å². The highest BCUT2D eigenvalue weighted by molar-refractivity contribution is 7.84. The third kappa shape index (κ3) is 5.17. The van der Waals surface area contributed by atoms with Gasteiger partial charge in [0.15, 0.2) is 11.5 Å². The van der Waals surface area contributed by atoms with E-state index in [4.69, 9.17) is 18.9 Å². The van der Waals surface area contributed by atoms with Gasteiger partial charge in [0.05, 0.1) is 41.6 Å². The summed E-state index contributed by atoms with van der Waals surface area (Å²) in [7, 11) is 1.26. The highest BCUT2D eigenvalue weighted by Gasteiger charge is 2.29. The van der Waals surface area contributed by atoms with Crippen molar-refractivity contribution in [1.29, 1.82) is 0 Å². The fourth-order valence-electron chi connectivity index (χ4n) is 3.32. The van der Waals surface area contributed by atoms with Crippen LogP contribution in [-0.2, 0) is 26.1 Å². The largest absolute Gasteiger partial charge is 0.490 e. The third-order valence-electron chi connectivity index (χ3n) is 4.83. The number of esters is 2. The molecule has 7 nitrogen and oxygen atoms in total. The Kier molecular flexibility index (Phi) is 7.71. The first-order chi connectivity index (χ1) is 15.8. The van der Waals surface area contributed by atoms with E-state index in [1.807, 2.05) is 30.3 Å². The normalized spacial score (nSPS) is 11.8. The van der Waals surface area contributed by atoms with Crippen molar-refractivity contribution in [2.45, 2.75) is 31.4 Å². The molecule has 0 bridgehead atoms. The van der Waals surface area contributed by atoms with E-state index in [2.05, 4.69) is 0 Å². The Hall–Kier alpha value is -3.39. The van der Waals surface area contributed by atoms with Crippen molar-refractivity contribution in [2.24, 2.45) is 5.92 Å². The molecule has 33 heavy (non-hydrogen) atoms. The molecule has 1 atom stereocenters. The molecule has 3 aromatic rings. The fraction of sp³-hybridized carbons (Fsp3) is 0.280. The SMILES string of the molecule is COc1c(OC)c(OC(=O)C(C)C)c2c(S(=O)Cc3ccccc3)cccc2c1OC(C)=O. The predicted octanol–water partition coefficient (Wildman–Crippen LogP) is 4.65. The fourth-order valence-corrected chi connectivity index (χ4v) is 4.63. The van der Waals surface area contributed by atoms with E-state index in [9.17, 15) is 13.8 Å². The van der Waals surface area contributed by atoms with Gasteiger partial charge in [-0.2, -0.15) is 0 Å². The van der Waals surface area contributed by atoms with Gasteiger partial charge in [-0.3, -0.25) is 13.8 Å². The molecule has 8 heteroatoms. The Morgan fingerprint density at radius 3 is 2.06 bits per heavy atom. The number of methoxy groups -OCH3 is 2. The molecule has 0 spiro atoms. The van der Waals surface area contributed by atoms with Crippen LogP contribution < -0.4 is 18.9 Å². The summed E-state index contributed by atoms with van der Waals surface area (Å²) in [5, 5.41) is 0.767. The highest BCUT2D eigenvalue weighted by Crippen LogP contribution is 2.52. The summed E-state index contributed by atoms with van der Waals surface area (Å²) >= 11 is 0. The summed E-state index contributed by atoms with van der Waals surface area (Å²) in [4.78, 5) is 24.9. The molecule has 0 aliphatic carbocycles. The molecule has 0 fully saturated rings. The second-order valence-corrected chi connectivity index (χ2v) is 8.97. The minimum absolute atomic E-state index is 0.0657. The van der Waals surface area contributed by atoms with Crippen molar-refractivity contribution < 1.29 is 32.7 Å². The molecule has 0 aliphatic heterocycles. The van der Waals surface area contributed by atoms with Crippen LogP contribution >= 0.6 is 0 Å². The lowest BCUT2D eigenvalue weighted by atomic mass is 10.1. The smallest absolute Gasteiger partial charge is 0.313 e. The van der Waals surface area contributed by atoms with Gasteiger partial charge in [0.25, 0.3) is 0 Å². The summed E-state index contributed by atoms with van der Waals surface area (Å²) in [6.07, 6.45) is 0. The molecule has 3 rings (SSSR count). The second kappa shape index (κ2) is 10.5. The number of rotatable bonds is 8. The monoisotopic (exact) mass is 470 g/mol. The summed E-state index contributed by atoms with van der Waals surface area (Å²) in [6.45, 7) is 4.67. The van der Waals surface area contributed by atoms with Crippen molar-refractivity contribution in [1.82, 2.24) is 0 Å². The first-order valence-corrected chi connectivity index (χ1v) is 11.6. The maximum atomic E-state index is 13.5. The molecule has 0 saturated heterocycles. The summed E-state index contributed by atoms with van der Waals surface area (Å²) in [5.74, 6) is -0.923. The Balaban J connectivity index is 2.35. The zero-order valence-corrected chi connectivity index (χ0v) is 20.0. The second-order valence-electron chi connectivity index (χ2n) is 7.55. The molecule has 0 amide bonds. The first kappa shape index (κ1) is 24.3. The van der Waals surface area contributed by atoms with Crippen LogP contribution in [0.2, 0.25) is 0 Å². The topological polar surface area (TPSA) is 88.1 Å². The Morgan fingerprint density at radius 2 is 1.48 bits per heavy atom. The molecular formula is C25H26O7S. The number of fused-ring (bicyclic) bond motifs is 1. The molecule has 0 heterocycles. The lowest BCUT2D eigenvalue weighted by molar-refractivity contribution is -0.138. The van der Waals surface area contributed by atoms with Crippen molar-refractivity contribution in [2.75, 3.05) is 14.2 Å². The molecule has 0 aromatic heterocycles. The summed E-state index contributed by atoms with van der Waals surface area (Å²) in [5.41, 5.74) is 0.884. The summed E-state index contributed by atoms with van der Waals surface area (Å²) < 4.78 is 35.7. The van der Waals surface area contributed by atoms with Gasteiger partial charge in [0.2, 0.25) is 11.5 Å². The van der Waals surface area contributed by atoms with E-state index in [-0.39, 0.29) is 28.8 Å². The van der Waals surface area contributed by atoms with Gasteiger partial charge in [-0.05, 0) is 11.6 Å². The number of hydrogen-bond acceptors (Lipinski definition) is 7. The maximum absolute atomic E-state index is 13.5. The number of hydrogen-bond donors (Lipinski definition) is 0. The van der Waals surface area contributed by atoms with Crippen molar-refractivity contribution >= 4 is 33.5 Å². The van der Waals surface area contributed by atoms with E-state index >= 15 is 0 Å². The van der Waals surface area contributed by atoms with Crippen LogP contribution in [0.5, 0.6) is 23.0 Å². The molecule has 174 valence electrons. The first-order valence-electron chi connectivity index (χ1n) is 10.3. The number of carbonyl (C=O) groups is 2. The minimum atomic E-state index is -1.51. The zero-order valence-electron chi connectivity index (χ0n) is 19.2. The molecule has 3 aromatic carbocycles. The van der Waals surface area contributed by atoms with Crippen LogP contribution in [0.1, 0.15) is 26.3 Å². The lowest BCUT2D eigenvalue weighted by Crippen LogP contribution is -2.16. The quantitative estimate of drug-likeness (QED) is 0.350. The van der Waals surface area contributed by atoms with Crippen LogP contribution in [0, 0.1) is 5.92 Å². The van der Waals surface area contributed by atoms with Gasteiger partial charge in [-0.25, -0.2) is 0 Å². The summed E-state index contributed by atoms with van der Waals surface area (Å²) in [6, 6.07) is 14.5. The average Bonchev–Trinajstić information content (AvgIpc) is 2.79. The zero-order chi connectivity index (χ0) is 24.1. The lowest BCUT2D eigenvalue weighted by Gasteiger charge is -2.21.